The molecule has 4 aromatic rings. The Morgan fingerprint density at radius 3 is 2.37 bits per heavy atom. The molecule has 0 saturated carbocycles. The van der Waals surface area contributed by atoms with Gasteiger partial charge >= 0.3 is 0 Å². The average molecular weight is 495 g/mol. The molecule has 6 nitrogen and oxygen atoms in total. The molecule has 2 amide bonds. The number of nitrogens with one attached hydrogen (secondary N) is 2. The van der Waals surface area contributed by atoms with Crippen LogP contribution in [0.2, 0.25) is 0 Å². The number of carbonyl (C=O) groups excluding carboxylic acids is 2. The second kappa shape index (κ2) is 10.7. The zero-order valence-electron chi connectivity index (χ0n) is 19.2. The van der Waals surface area contributed by atoms with Crippen LogP contribution in [0.3, 0.4) is 0 Å². The number of halogens is 2. The fourth-order valence-electron chi connectivity index (χ4n) is 3.70. The summed E-state index contributed by atoms with van der Waals surface area (Å²) in [4.78, 5) is 30.7. The van der Waals surface area contributed by atoms with Crippen molar-refractivity contribution in [3.05, 3.63) is 89.7 Å². The van der Waals surface area contributed by atoms with E-state index in [2.05, 4.69) is 15.6 Å². The molecule has 0 fully saturated rings. The highest BCUT2D eigenvalue weighted by Crippen LogP contribution is 2.26. The van der Waals surface area contributed by atoms with Crippen LogP contribution in [-0.4, -0.2) is 27.1 Å². The van der Waals surface area contributed by atoms with Crippen LogP contribution in [0.25, 0.3) is 11.0 Å². The van der Waals surface area contributed by atoms with Gasteiger partial charge in [0, 0.05) is 16.1 Å². The van der Waals surface area contributed by atoms with Crippen molar-refractivity contribution < 1.29 is 18.4 Å². The lowest BCUT2D eigenvalue weighted by Crippen LogP contribution is -2.30. The molecular weight excluding hydrogens is 470 g/mol. The Hall–Kier alpha value is -3.72. The van der Waals surface area contributed by atoms with Gasteiger partial charge in [0.05, 0.1) is 17.1 Å². The zero-order chi connectivity index (χ0) is 24.9. The highest BCUT2D eigenvalue weighted by molar-refractivity contribution is 7.99. The molecule has 35 heavy (non-hydrogen) atoms. The summed E-state index contributed by atoms with van der Waals surface area (Å²) in [5.41, 5.74) is 3.57. The van der Waals surface area contributed by atoms with Gasteiger partial charge in [0.15, 0.2) is 0 Å². The van der Waals surface area contributed by atoms with E-state index in [0.29, 0.717) is 39.2 Å². The number of rotatable bonds is 8. The molecule has 180 valence electrons. The van der Waals surface area contributed by atoms with Crippen LogP contribution >= 0.6 is 11.8 Å². The quantitative estimate of drug-likeness (QED) is 0.304. The molecule has 4 rings (SSSR count). The summed E-state index contributed by atoms with van der Waals surface area (Å²) >= 11 is 0.447. The van der Waals surface area contributed by atoms with Crippen molar-refractivity contribution in [2.75, 3.05) is 5.32 Å². The largest absolute Gasteiger partial charge is 0.342 e. The molecule has 0 spiro atoms. The number of imidazole rings is 1. The van der Waals surface area contributed by atoms with Crippen molar-refractivity contribution in [1.29, 1.82) is 0 Å². The number of alkyl halides is 2. The lowest BCUT2D eigenvalue weighted by atomic mass is 10.1. The van der Waals surface area contributed by atoms with Crippen LogP contribution in [-0.2, 0) is 11.3 Å². The van der Waals surface area contributed by atoms with Gasteiger partial charge in [-0.2, -0.15) is 8.78 Å². The van der Waals surface area contributed by atoms with E-state index in [1.54, 1.807) is 28.8 Å². The first-order valence-corrected chi connectivity index (χ1v) is 11.9. The number of fused-ring (bicyclic) bond motifs is 1. The van der Waals surface area contributed by atoms with Gasteiger partial charge in [-0.05, 0) is 62.4 Å². The van der Waals surface area contributed by atoms with E-state index in [4.69, 9.17) is 0 Å². The first-order chi connectivity index (χ1) is 16.8. The fourth-order valence-corrected chi connectivity index (χ4v) is 4.20. The maximum absolute atomic E-state index is 12.9. The third kappa shape index (κ3) is 6.05. The highest BCUT2D eigenvalue weighted by Gasteiger charge is 2.20. The van der Waals surface area contributed by atoms with Crippen LogP contribution in [0.15, 0.2) is 77.7 Å². The number of aryl methyl sites for hydroxylation is 1. The Morgan fingerprint density at radius 1 is 1.00 bits per heavy atom. The minimum atomic E-state index is -2.50. The number of thioether (sulfide) groups is 1. The second-order valence-electron chi connectivity index (χ2n) is 8.06. The van der Waals surface area contributed by atoms with E-state index in [-0.39, 0.29) is 18.4 Å². The van der Waals surface area contributed by atoms with E-state index >= 15 is 0 Å². The van der Waals surface area contributed by atoms with E-state index in [1.807, 2.05) is 50.2 Å². The molecule has 9 heteroatoms. The topological polar surface area (TPSA) is 76.0 Å². The van der Waals surface area contributed by atoms with E-state index in [1.165, 1.54) is 12.1 Å². The number of anilines is 1. The molecule has 2 N–H and O–H groups in total. The van der Waals surface area contributed by atoms with Crippen LogP contribution in [0.1, 0.15) is 34.7 Å². The smallest absolute Gasteiger partial charge is 0.288 e. The van der Waals surface area contributed by atoms with E-state index in [0.717, 1.165) is 11.1 Å². The molecule has 1 unspecified atom stereocenters. The summed E-state index contributed by atoms with van der Waals surface area (Å²) in [6.07, 6.45) is 0. The van der Waals surface area contributed by atoms with Crippen LogP contribution in [0.4, 0.5) is 14.5 Å². The number of aromatic nitrogens is 2. The first kappa shape index (κ1) is 24.4. The molecule has 3 aromatic carbocycles. The van der Waals surface area contributed by atoms with Crippen LogP contribution < -0.4 is 10.6 Å². The van der Waals surface area contributed by atoms with E-state index < -0.39 is 11.8 Å². The number of benzene rings is 3. The molecule has 1 heterocycles. The lowest BCUT2D eigenvalue weighted by molar-refractivity contribution is -0.116. The predicted octanol–water partition coefficient (Wildman–Crippen LogP) is 5.79. The summed E-state index contributed by atoms with van der Waals surface area (Å²) in [6, 6.07) is 20.5. The standard InChI is InChI=1S/C26H24F2N4O2S/c1-16-7-9-18(10-8-16)25(34)29-17(2)24-31-21-5-3-4-6-22(21)32(24)15-23(33)30-19-11-13-20(14-12-19)35-26(27)28/h3-14,17,26H,15H2,1-2H3,(H,29,34)(H,30,33). The SMILES string of the molecule is Cc1ccc(C(=O)NC(C)c2nc3ccccc3n2CC(=O)Nc2ccc(SC(F)F)cc2)cc1. The van der Waals surface area contributed by atoms with E-state index in [9.17, 15) is 18.4 Å². The summed E-state index contributed by atoms with van der Waals surface area (Å²) < 4.78 is 26.8. The molecule has 1 atom stereocenters. The third-order valence-electron chi connectivity index (χ3n) is 5.40. The lowest BCUT2D eigenvalue weighted by Gasteiger charge is -2.16. The number of para-hydroxylation sites is 2. The van der Waals surface area contributed by atoms with Crippen LogP contribution in [0, 0.1) is 6.92 Å². The molecule has 0 bridgehead atoms. The number of carbonyl (C=O) groups is 2. The second-order valence-corrected chi connectivity index (χ2v) is 9.12. The fraction of sp³-hybridized carbons (Fsp3) is 0.192. The van der Waals surface area contributed by atoms with Gasteiger partial charge in [-0.3, -0.25) is 9.59 Å². The molecular formula is C26H24F2N4O2S. The highest BCUT2D eigenvalue weighted by atomic mass is 32.2. The molecule has 0 saturated heterocycles. The Kier molecular flexibility index (Phi) is 7.45. The van der Waals surface area contributed by atoms with Crippen molar-refractivity contribution in [3.8, 4) is 0 Å². The zero-order valence-corrected chi connectivity index (χ0v) is 20.0. The maximum Gasteiger partial charge on any atom is 0.288 e. The van der Waals surface area contributed by atoms with Crippen molar-refractivity contribution in [2.45, 2.75) is 37.1 Å². The Balaban J connectivity index is 1.52. The summed E-state index contributed by atoms with van der Waals surface area (Å²) in [6.45, 7) is 3.74. The summed E-state index contributed by atoms with van der Waals surface area (Å²) in [7, 11) is 0. The normalized spacial score (nSPS) is 12.0. The first-order valence-electron chi connectivity index (χ1n) is 11.0. The Labute approximate surface area is 205 Å². The minimum Gasteiger partial charge on any atom is -0.342 e. The van der Waals surface area contributed by atoms with Crippen molar-refractivity contribution in [1.82, 2.24) is 14.9 Å². The number of amides is 2. The molecule has 0 aliphatic carbocycles. The summed E-state index contributed by atoms with van der Waals surface area (Å²) in [5.74, 6) is -2.49. The predicted molar refractivity (Wildman–Crippen MR) is 134 cm³/mol. The molecule has 0 aliphatic heterocycles. The summed E-state index contributed by atoms with van der Waals surface area (Å²) in [5, 5.41) is 5.75. The number of hydrogen-bond acceptors (Lipinski definition) is 4. The molecule has 1 aromatic heterocycles. The van der Waals surface area contributed by atoms with Gasteiger partial charge in [0.2, 0.25) is 5.91 Å². The van der Waals surface area contributed by atoms with Crippen LogP contribution in [0.5, 0.6) is 0 Å². The maximum atomic E-state index is 12.9. The van der Waals surface area contributed by atoms with Gasteiger partial charge in [-0.1, -0.05) is 41.6 Å². The van der Waals surface area contributed by atoms with Crippen molar-refractivity contribution in [2.24, 2.45) is 0 Å². The van der Waals surface area contributed by atoms with Gasteiger partial charge in [0.1, 0.15) is 12.4 Å². The number of nitrogens with zero attached hydrogens (tertiary/aromatic N) is 2. The minimum absolute atomic E-state index is 0.0336. The number of hydrogen-bond donors (Lipinski definition) is 2. The van der Waals surface area contributed by atoms with Gasteiger partial charge in [-0.15, -0.1) is 0 Å². The molecule has 0 radical (unpaired) electrons. The van der Waals surface area contributed by atoms with Crippen molar-refractivity contribution >= 4 is 40.3 Å². The monoisotopic (exact) mass is 494 g/mol. The van der Waals surface area contributed by atoms with Gasteiger partial charge in [0.25, 0.3) is 11.7 Å². The van der Waals surface area contributed by atoms with Gasteiger partial charge in [-0.25, -0.2) is 4.98 Å². The Morgan fingerprint density at radius 2 is 1.69 bits per heavy atom. The molecule has 0 aliphatic rings. The Bertz CT molecular complexity index is 1340. The third-order valence-corrected chi connectivity index (χ3v) is 6.12. The average Bonchev–Trinajstić information content (AvgIpc) is 3.19. The van der Waals surface area contributed by atoms with Gasteiger partial charge < -0.3 is 15.2 Å². The van der Waals surface area contributed by atoms with Crippen molar-refractivity contribution in [3.63, 3.8) is 0 Å².